The van der Waals surface area contributed by atoms with Crippen LogP contribution in [0.4, 0.5) is 0 Å². The summed E-state index contributed by atoms with van der Waals surface area (Å²) in [6, 6.07) is 0. The monoisotopic (exact) mass is 1050 g/mol. The van der Waals surface area contributed by atoms with Crippen LogP contribution < -0.4 is 0 Å². The van der Waals surface area contributed by atoms with Crippen LogP contribution in [0.2, 0.25) is 0 Å². The van der Waals surface area contributed by atoms with Gasteiger partial charge in [0.25, 0.3) is 0 Å². The molecule has 1 unspecified atom stereocenters. The fourth-order valence-electron chi connectivity index (χ4n) is 8.43. The molecule has 0 amide bonds. The molecule has 0 fully saturated rings. The molecule has 0 saturated carbocycles. The number of esters is 3. The number of rotatable bonds is 56. The van der Waals surface area contributed by atoms with Crippen LogP contribution in [0.5, 0.6) is 0 Å². The quantitative estimate of drug-likeness (QED) is 0.0261. The lowest BCUT2D eigenvalue weighted by atomic mass is 10.1. The molecule has 76 heavy (non-hydrogen) atoms. The Labute approximate surface area is 469 Å². The van der Waals surface area contributed by atoms with Crippen molar-refractivity contribution in [3.63, 3.8) is 0 Å². The van der Waals surface area contributed by atoms with Gasteiger partial charge in [0.05, 0.1) is 0 Å². The second-order valence-corrected chi connectivity index (χ2v) is 20.6. The summed E-state index contributed by atoms with van der Waals surface area (Å²) >= 11 is 0. The summed E-state index contributed by atoms with van der Waals surface area (Å²) in [6.45, 7) is 6.46. The highest BCUT2D eigenvalue weighted by Crippen LogP contribution is 2.15. The highest BCUT2D eigenvalue weighted by molar-refractivity contribution is 5.71. The third-order valence-electron chi connectivity index (χ3n) is 13.2. The molecule has 6 nitrogen and oxygen atoms in total. The van der Waals surface area contributed by atoms with Crippen LogP contribution in [0, 0.1) is 0 Å². The fraction of sp³-hybridized carbons (Fsp3) is 0.671. The van der Waals surface area contributed by atoms with Gasteiger partial charge in [-0.1, -0.05) is 258 Å². The van der Waals surface area contributed by atoms with Gasteiger partial charge in [0.15, 0.2) is 6.10 Å². The van der Waals surface area contributed by atoms with E-state index in [-0.39, 0.29) is 31.1 Å². The van der Waals surface area contributed by atoms with Crippen molar-refractivity contribution in [1.29, 1.82) is 0 Å². The number of unbranched alkanes of at least 4 members (excludes halogenated alkanes) is 25. The van der Waals surface area contributed by atoms with Gasteiger partial charge in [-0.05, 0) is 128 Å². The smallest absolute Gasteiger partial charge is 0.306 e. The van der Waals surface area contributed by atoms with Gasteiger partial charge in [0, 0.05) is 19.3 Å². The molecule has 0 aliphatic rings. The maximum atomic E-state index is 12.9. The molecule has 0 aromatic carbocycles. The summed E-state index contributed by atoms with van der Waals surface area (Å²) in [4.78, 5) is 38.3. The van der Waals surface area contributed by atoms with E-state index in [1.54, 1.807) is 0 Å². The van der Waals surface area contributed by atoms with Crippen LogP contribution in [0.25, 0.3) is 0 Å². The zero-order valence-electron chi connectivity index (χ0n) is 49.5. The van der Waals surface area contributed by atoms with Crippen molar-refractivity contribution in [2.45, 2.75) is 290 Å². The van der Waals surface area contributed by atoms with Gasteiger partial charge in [-0.3, -0.25) is 14.4 Å². The molecule has 432 valence electrons. The Hall–Kier alpha value is -4.19. The Morgan fingerprint density at radius 1 is 0.276 bits per heavy atom. The first-order chi connectivity index (χ1) is 37.5. The summed E-state index contributed by atoms with van der Waals surface area (Å²) in [5.41, 5.74) is 0. The van der Waals surface area contributed by atoms with Crippen LogP contribution in [-0.4, -0.2) is 37.2 Å². The zero-order chi connectivity index (χ0) is 55.0. The minimum absolute atomic E-state index is 0.0936. The Bertz CT molecular complexity index is 1590. The number of hydrogen-bond donors (Lipinski definition) is 0. The van der Waals surface area contributed by atoms with Crippen molar-refractivity contribution in [2.24, 2.45) is 0 Å². The van der Waals surface area contributed by atoms with E-state index < -0.39 is 6.10 Å². The first-order valence-corrected chi connectivity index (χ1v) is 31.5. The van der Waals surface area contributed by atoms with Crippen LogP contribution in [0.1, 0.15) is 284 Å². The van der Waals surface area contributed by atoms with E-state index in [1.807, 2.05) is 0 Å². The summed E-state index contributed by atoms with van der Waals surface area (Å²) in [5, 5.41) is 0. The average Bonchev–Trinajstić information content (AvgIpc) is 3.42. The van der Waals surface area contributed by atoms with Crippen molar-refractivity contribution in [3.8, 4) is 0 Å². The second kappa shape index (κ2) is 63.3. The van der Waals surface area contributed by atoms with E-state index in [0.29, 0.717) is 19.3 Å². The number of carbonyl (C=O) groups is 3. The Balaban J connectivity index is 4.35. The summed E-state index contributed by atoms with van der Waals surface area (Å²) in [5.74, 6) is -0.923. The first-order valence-electron chi connectivity index (χ1n) is 31.5. The fourth-order valence-corrected chi connectivity index (χ4v) is 8.43. The predicted octanol–water partition coefficient (Wildman–Crippen LogP) is 21.6. The summed E-state index contributed by atoms with van der Waals surface area (Å²) in [7, 11) is 0. The molecule has 6 heteroatoms. The van der Waals surface area contributed by atoms with Gasteiger partial charge >= 0.3 is 17.9 Å². The minimum Gasteiger partial charge on any atom is -0.462 e. The molecule has 0 N–H and O–H groups in total. The third kappa shape index (κ3) is 60.7. The predicted molar refractivity (Wildman–Crippen MR) is 330 cm³/mol. The van der Waals surface area contributed by atoms with Crippen LogP contribution in [0.3, 0.4) is 0 Å². The summed E-state index contributed by atoms with van der Waals surface area (Å²) < 4.78 is 16.9. The molecule has 0 aromatic heterocycles. The van der Waals surface area contributed by atoms with Crippen LogP contribution in [-0.2, 0) is 28.6 Å². The Kier molecular flexibility index (Phi) is 59.9. The van der Waals surface area contributed by atoms with E-state index in [0.717, 1.165) is 148 Å². The lowest BCUT2D eigenvalue weighted by molar-refractivity contribution is -0.167. The van der Waals surface area contributed by atoms with E-state index in [2.05, 4.69) is 142 Å². The van der Waals surface area contributed by atoms with Gasteiger partial charge in [0.1, 0.15) is 13.2 Å². The molecule has 0 aliphatic carbocycles. The zero-order valence-corrected chi connectivity index (χ0v) is 49.5. The van der Waals surface area contributed by atoms with Crippen molar-refractivity contribution in [1.82, 2.24) is 0 Å². The molecule has 0 rings (SSSR count). The molecule has 0 aliphatic heterocycles. The minimum atomic E-state index is -0.796. The van der Waals surface area contributed by atoms with Crippen molar-refractivity contribution in [2.75, 3.05) is 13.2 Å². The highest BCUT2D eigenvalue weighted by atomic mass is 16.6. The standard InChI is InChI=1S/C70H116O6/c1-4-7-10-13-16-19-22-25-28-29-30-31-32-33-34-35-36-37-38-39-40-41-43-45-48-51-54-57-60-63-69(72)75-66-67(65-74-68(71)62-59-56-53-50-47-44-27-24-21-18-15-12-9-6-3)76-70(73)64-61-58-55-52-49-46-42-26-23-20-17-14-11-8-5-2/h7,10,15-16,18-19,24-28,30-31,33-34,36-37,39-40,42,67H,4-6,8-9,11-14,17,20-23,29,32,35,38,41,43-66H2,1-3H3/b10-7-,18-15-,19-16-,27-24-,28-25-,31-30-,34-33-,37-36-,40-39-,42-26-. The van der Waals surface area contributed by atoms with E-state index in [1.165, 1.54) is 96.3 Å². The lowest BCUT2D eigenvalue weighted by Gasteiger charge is -2.18. The molecular formula is C70H116O6. The number of hydrogen-bond acceptors (Lipinski definition) is 6. The van der Waals surface area contributed by atoms with E-state index in [9.17, 15) is 14.4 Å². The van der Waals surface area contributed by atoms with Crippen LogP contribution >= 0.6 is 0 Å². The highest BCUT2D eigenvalue weighted by Gasteiger charge is 2.19. The maximum Gasteiger partial charge on any atom is 0.306 e. The van der Waals surface area contributed by atoms with Gasteiger partial charge in [-0.2, -0.15) is 0 Å². The Morgan fingerprint density at radius 2 is 0.526 bits per heavy atom. The SMILES string of the molecule is CC/C=C\C/C=C\C/C=C\C/C=C\C/C=C\C/C=C\C/C=C\CCCCCCCCCC(=O)OCC(COC(=O)CCCCCCC/C=C\C/C=C\CCCC)OC(=O)CCCCCCC/C=C\CCCCCCCC. The number of carbonyl (C=O) groups excluding carboxylic acids is 3. The van der Waals surface area contributed by atoms with Crippen LogP contribution in [0.15, 0.2) is 122 Å². The first kappa shape index (κ1) is 71.8. The van der Waals surface area contributed by atoms with Crippen molar-refractivity contribution in [3.05, 3.63) is 122 Å². The van der Waals surface area contributed by atoms with E-state index >= 15 is 0 Å². The van der Waals surface area contributed by atoms with Gasteiger partial charge < -0.3 is 14.2 Å². The van der Waals surface area contributed by atoms with E-state index in [4.69, 9.17) is 14.2 Å². The molecule has 1 atom stereocenters. The number of allylic oxidation sites excluding steroid dienone is 20. The largest absolute Gasteiger partial charge is 0.462 e. The normalized spacial score (nSPS) is 12.9. The number of ether oxygens (including phenoxy) is 3. The third-order valence-corrected chi connectivity index (χ3v) is 13.2. The molecule has 0 saturated heterocycles. The van der Waals surface area contributed by atoms with Crippen molar-refractivity contribution < 1.29 is 28.6 Å². The molecule has 0 radical (unpaired) electrons. The van der Waals surface area contributed by atoms with Gasteiger partial charge in [-0.15, -0.1) is 0 Å². The van der Waals surface area contributed by atoms with Gasteiger partial charge in [0.2, 0.25) is 0 Å². The lowest BCUT2D eigenvalue weighted by Crippen LogP contribution is -2.30. The molecular weight excluding hydrogens is 937 g/mol. The molecule has 0 heterocycles. The van der Waals surface area contributed by atoms with Crippen molar-refractivity contribution >= 4 is 17.9 Å². The molecule has 0 aromatic rings. The second-order valence-electron chi connectivity index (χ2n) is 20.6. The average molecular weight is 1050 g/mol. The topological polar surface area (TPSA) is 78.9 Å². The molecule has 0 bridgehead atoms. The maximum absolute atomic E-state index is 12.9. The summed E-state index contributed by atoms with van der Waals surface area (Å²) in [6.07, 6.45) is 87.7. The molecule has 0 spiro atoms. The van der Waals surface area contributed by atoms with Gasteiger partial charge in [-0.25, -0.2) is 0 Å². The Morgan fingerprint density at radius 3 is 0.855 bits per heavy atom.